The maximum atomic E-state index is 12.7. The van der Waals surface area contributed by atoms with E-state index in [0.29, 0.717) is 12.1 Å². The first kappa shape index (κ1) is 18.0. The summed E-state index contributed by atoms with van der Waals surface area (Å²) in [6.07, 6.45) is 6.47. The third-order valence-corrected chi connectivity index (χ3v) is 7.08. The van der Waals surface area contributed by atoms with E-state index in [2.05, 4.69) is 10.2 Å². The fourth-order valence-electron chi connectivity index (χ4n) is 4.27. The Morgan fingerprint density at radius 3 is 2.54 bits per heavy atom. The molecule has 3 heterocycles. The fraction of sp³-hybridized carbons (Fsp3) is 0.700. The smallest absolute Gasteiger partial charge is 0.264 e. The zero-order chi connectivity index (χ0) is 18.1. The maximum Gasteiger partial charge on any atom is 0.264 e. The topological polar surface area (TPSA) is 52.7 Å². The van der Waals surface area contributed by atoms with E-state index in [4.69, 9.17) is 0 Å². The van der Waals surface area contributed by atoms with E-state index in [-0.39, 0.29) is 17.7 Å². The number of hydrogen-bond acceptors (Lipinski definition) is 4. The number of hydrogen-bond donors (Lipinski definition) is 1. The molecule has 1 saturated carbocycles. The van der Waals surface area contributed by atoms with Gasteiger partial charge in [0.2, 0.25) is 5.91 Å². The van der Waals surface area contributed by atoms with Crippen LogP contribution >= 0.6 is 11.3 Å². The standard InChI is InChI=1S/C20H29N3O2S/c1-14-8-12-26-18(14)20(25)22-10-6-17(7-11-22)23-9-2-3-15(13-23)19(24)21-16-4-5-16/h8,12,15-17H,2-7,9-11,13H2,1H3,(H,21,24)/t15-/m1/s1. The predicted molar refractivity (Wildman–Crippen MR) is 103 cm³/mol. The molecular weight excluding hydrogens is 346 g/mol. The molecule has 1 aromatic heterocycles. The Kier molecular flexibility index (Phi) is 5.32. The summed E-state index contributed by atoms with van der Waals surface area (Å²) in [5.74, 6) is 0.604. The van der Waals surface area contributed by atoms with Crippen LogP contribution in [0.2, 0.25) is 0 Å². The first-order valence-electron chi connectivity index (χ1n) is 9.99. The highest BCUT2D eigenvalue weighted by atomic mass is 32.1. The van der Waals surface area contributed by atoms with Crippen LogP contribution in [0.15, 0.2) is 11.4 Å². The Bertz CT molecular complexity index is 662. The summed E-state index contributed by atoms with van der Waals surface area (Å²) in [5, 5.41) is 5.17. The molecule has 2 amide bonds. The molecule has 3 fully saturated rings. The highest BCUT2D eigenvalue weighted by Crippen LogP contribution is 2.27. The lowest BCUT2D eigenvalue weighted by Gasteiger charge is -2.42. The molecule has 0 aromatic carbocycles. The van der Waals surface area contributed by atoms with Gasteiger partial charge < -0.3 is 10.2 Å². The molecule has 4 rings (SSSR count). The molecule has 0 unspecified atom stereocenters. The van der Waals surface area contributed by atoms with Gasteiger partial charge in [-0.3, -0.25) is 14.5 Å². The van der Waals surface area contributed by atoms with Crippen LogP contribution in [0.3, 0.4) is 0 Å². The van der Waals surface area contributed by atoms with Crippen LogP contribution < -0.4 is 5.32 Å². The van der Waals surface area contributed by atoms with E-state index in [1.807, 2.05) is 23.3 Å². The summed E-state index contributed by atoms with van der Waals surface area (Å²) in [4.78, 5) is 30.5. The number of likely N-dealkylation sites (tertiary alicyclic amines) is 2. The van der Waals surface area contributed by atoms with Crippen LogP contribution in [0, 0.1) is 12.8 Å². The van der Waals surface area contributed by atoms with Gasteiger partial charge >= 0.3 is 0 Å². The van der Waals surface area contributed by atoms with Crippen LogP contribution in [0.1, 0.15) is 53.8 Å². The molecule has 6 heteroatoms. The van der Waals surface area contributed by atoms with Gasteiger partial charge in [-0.15, -0.1) is 11.3 Å². The Hall–Kier alpha value is -1.40. The van der Waals surface area contributed by atoms with Gasteiger partial charge in [-0.05, 0) is 69.0 Å². The number of piperidine rings is 2. The third kappa shape index (κ3) is 3.96. The molecule has 1 aliphatic carbocycles. The average Bonchev–Trinajstić information content (AvgIpc) is 3.39. The van der Waals surface area contributed by atoms with Gasteiger partial charge in [-0.1, -0.05) is 0 Å². The number of amides is 2. The molecule has 1 aromatic rings. The number of nitrogens with one attached hydrogen (secondary N) is 1. The first-order chi connectivity index (χ1) is 12.6. The largest absolute Gasteiger partial charge is 0.353 e. The van der Waals surface area contributed by atoms with Gasteiger partial charge in [0.15, 0.2) is 0 Å². The summed E-state index contributed by atoms with van der Waals surface area (Å²) in [7, 11) is 0. The normalized spacial score (nSPS) is 25.3. The predicted octanol–water partition coefficient (Wildman–Crippen LogP) is 2.65. The molecule has 1 N–H and O–H groups in total. The quantitative estimate of drug-likeness (QED) is 0.880. The van der Waals surface area contributed by atoms with Gasteiger partial charge in [-0.25, -0.2) is 0 Å². The molecule has 142 valence electrons. The van der Waals surface area contributed by atoms with Crippen LogP contribution in [0.4, 0.5) is 0 Å². The molecule has 0 bridgehead atoms. The van der Waals surface area contributed by atoms with E-state index in [0.717, 1.165) is 75.1 Å². The van der Waals surface area contributed by atoms with E-state index in [9.17, 15) is 9.59 Å². The number of carbonyl (C=O) groups excluding carboxylic acids is 2. The Morgan fingerprint density at radius 2 is 1.88 bits per heavy atom. The van der Waals surface area contributed by atoms with Gasteiger partial charge in [-0.2, -0.15) is 0 Å². The second-order valence-corrected chi connectivity index (χ2v) is 8.99. The number of aryl methyl sites for hydroxylation is 1. The van der Waals surface area contributed by atoms with Crippen molar-refractivity contribution in [2.24, 2.45) is 5.92 Å². The molecule has 0 radical (unpaired) electrons. The third-order valence-electron chi connectivity index (χ3n) is 6.07. The summed E-state index contributed by atoms with van der Waals surface area (Å²) < 4.78 is 0. The van der Waals surface area contributed by atoms with E-state index in [1.54, 1.807) is 11.3 Å². The minimum absolute atomic E-state index is 0.151. The SMILES string of the molecule is Cc1ccsc1C(=O)N1CCC(N2CCC[C@@H](C(=O)NC3CC3)C2)CC1. The van der Waals surface area contributed by atoms with Gasteiger partial charge in [0.25, 0.3) is 5.91 Å². The zero-order valence-electron chi connectivity index (χ0n) is 15.6. The first-order valence-corrected chi connectivity index (χ1v) is 10.9. The maximum absolute atomic E-state index is 12.7. The number of rotatable bonds is 4. The lowest BCUT2D eigenvalue weighted by Crippen LogP contribution is -2.51. The molecule has 2 aliphatic heterocycles. The average molecular weight is 376 g/mol. The molecule has 26 heavy (non-hydrogen) atoms. The summed E-state index contributed by atoms with van der Waals surface area (Å²) in [5.41, 5.74) is 1.09. The molecule has 1 atom stereocenters. The summed E-state index contributed by atoms with van der Waals surface area (Å²) in [6, 6.07) is 2.98. The van der Waals surface area contributed by atoms with Crippen molar-refractivity contribution >= 4 is 23.2 Å². The van der Waals surface area contributed by atoms with E-state index < -0.39 is 0 Å². The van der Waals surface area contributed by atoms with E-state index >= 15 is 0 Å². The molecule has 3 aliphatic rings. The minimum Gasteiger partial charge on any atom is -0.353 e. The van der Waals surface area contributed by atoms with E-state index in [1.165, 1.54) is 0 Å². The number of nitrogens with zero attached hydrogens (tertiary/aromatic N) is 2. The Morgan fingerprint density at radius 1 is 1.12 bits per heavy atom. The van der Waals surface area contributed by atoms with Crippen LogP contribution in [0.5, 0.6) is 0 Å². The second kappa shape index (κ2) is 7.69. The van der Waals surface area contributed by atoms with Crippen molar-refractivity contribution in [3.05, 3.63) is 21.9 Å². The Labute approximate surface area is 159 Å². The van der Waals surface area contributed by atoms with Gasteiger partial charge in [0.05, 0.1) is 10.8 Å². The summed E-state index contributed by atoms with van der Waals surface area (Å²) in [6.45, 7) is 5.65. The second-order valence-electron chi connectivity index (χ2n) is 8.07. The number of thiophene rings is 1. The lowest BCUT2D eigenvalue weighted by atomic mass is 9.93. The fourth-order valence-corrected chi connectivity index (χ4v) is 5.16. The van der Waals surface area contributed by atoms with Gasteiger partial charge in [0.1, 0.15) is 0 Å². The lowest BCUT2D eigenvalue weighted by molar-refractivity contribution is -0.127. The van der Waals surface area contributed by atoms with Crippen molar-refractivity contribution in [1.29, 1.82) is 0 Å². The van der Waals surface area contributed by atoms with Crippen LogP contribution in [0.25, 0.3) is 0 Å². The monoisotopic (exact) mass is 375 g/mol. The molecule has 2 saturated heterocycles. The van der Waals surface area contributed by atoms with Crippen molar-refractivity contribution in [2.75, 3.05) is 26.2 Å². The molecule has 5 nitrogen and oxygen atoms in total. The molecular formula is C20H29N3O2S. The highest BCUT2D eigenvalue weighted by molar-refractivity contribution is 7.12. The van der Waals surface area contributed by atoms with Crippen molar-refractivity contribution < 1.29 is 9.59 Å². The Balaban J connectivity index is 1.29. The zero-order valence-corrected chi connectivity index (χ0v) is 16.4. The highest BCUT2D eigenvalue weighted by Gasteiger charge is 2.34. The summed E-state index contributed by atoms with van der Waals surface area (Å²) >= 11 is 1.55. The van der Waals surface area contributed by atoms with Crippen LogP contribution in [-0.4, -0.2) is 59.9 Å². The van der Waals surface area contributed by atoms with Crippen molar-refractivity contribution in [3.8, 4) is 0 Å². The van der Waals surface area contributed by atoms with Crippen molar-refractivity contribution in [1.82, 2.24) is 15.1 Å². The van der Waals surface area contributed by atoms with Crippen LogP contribution in [-0.2, 0) is 4.79 Å². The minimum atomic E-state index is 0.151. The molecule has 0 spiro atoms. The van der Waals surface area contributed by atoms with Crippen molar-refractivity contribution in [2.45, 2.75) is 57.5 Å². The number of carbonyl (C=O) groups is 2. The van der Waals surface area contributed by atoms with Crippen molar-refractivity contribution in [3.63, 3.8) is 0 Å². The van der Waals surface area contributed by atoms with Gasteiger partial charge in [0, 0.05) is 31.7 Å².